The predicted molar refractivity (Wildman–Crippen MR) is 71.0 cm³/mol. The molecule has 1 heterocycles. The average molecular weight is 316 g/mol. The Morgan fingerprint density at radius 3 is 2.57 bits per heavy atom. The Kier molecular flexibility index (Phi) is 4.18. The Hall–Kier alpha value is -2.08. The number of benzene rings is 1. The first-order valence-corrected chi connectivity index (χ1v) is 6.13. The van der Waals surface area contributed by atoms with Gasteiger partial charge in [-0.2, -0.15) is 13.2 Å². The molecular weight excluding hydrogens is 307 g/mol. The molecule has 1 aromatic carbocycles. The molecule has 1 aromatic heterocycles. The van der Waals surface area contributed by atoms with Gasteiger partial charge >= 0.3 is 12.1 Å². The number of rotatable bonds is 2. The van der Waals surface area contributed by atoms with Gasteiger partial charge in [0, 0.05) is 5.56 Å². The monoisotopic (exact) mass is 315 g/mol. The fraction of sp³-hybridized carbons (Fsp3) is 0.143. The summed E-state index contributed by atoms with van der Waals surface area (Å²) in [6.07, 6.45) is -4.47. The molecule has 0 aliphatic rings. The van der Waals surface area contributed by atoms with Gasteiger partial charge in [0.1, 0.15) is 5.15 Å². The number of esters is 1. The number of hydrogen-bond acceptors (Lipinski definition) is 3. The quantitative estimate of drug-likeness (QED) is 0.615. The number of carbonyl (C=O) groups excluding carboxylic acids is 1. The predicted octanol–water partition coefficient (Wildman–Crippen LogP) is 4.21. The minimum absolute atomic E-state index is 0.0473. The van der Waals surface area contributed by atoms with E-state index < -0.39 is 17.7 Å². The van der Waals surface area contributed by atoms with Crippen LogP contribution in [0.15, 0.2) is 36.4 Å². The summed E-state index contributed by atoms with van der Waals surface area (Å²) in [5.74, 6) is -0.773. The van der Waals surface area contributed by atoms with Crippen molar-refractivity contribution in [3.05, 3.63) is 52.8 Å². The Labute approximate surface area is 123 Å². The largest absolute Gasteiger partial charge is 0.464 e. The number of ether oxygens (including phenoxy) is 1. The van der Waals surface area contributed by atoms with Crippen molar-refractivity contribution in [3.63, 3.8) is 0 Å². The molecule has 0 fully saturated rings. The van der Waals surface area contributed by atoms with Crippen LogP contribution in [0, 0.1) is 0 Å². The second-order valence-corrected chi connectivity index (χ2v) is 4.49. The lowest BCUT2D eigenvalue weighted by atomic mass is 10.0. The fourth-order valence-electron chi connectivity index (χ4n) is 1.78. The summed E-state index contributed by atoms with van der Waals surface area (Å²) in [5, 5.41) is 0.0473. The zero-order chi connectivity index (χ0) is 15.6. The van der Waals surface area contributed by atoms with Gasteiger partial charge in [-0.25, -0.2) is 9.78 Å². The SMILES string of the molecule is COC(=O)c1nc(Cl)ccc1-c1cccc(C(F)(F)F)c1. The maximum absolute atomic E-state index is 12.7. The lowest BCUT2D eigenvalue weighted by Gasteiger charge is -2.11. The zero-order valence-corrected chi connectivity index (χ0v) is 11.5. The van der Waals surface area contributed by atoms with E-state index in [4.69, 9.17) is 11.6 Å². The Morgan fingerprint density at radius 2 is 1.95 bits per heavy atom. The number of halogens is 4. The summed E-state index contributed by atoms with van der Waals surface area (Å²) in [6, 6.07) is 7.42. The highest BCUT2D eigenvalue weighted by Crippen LogP contribution is 2.33. The van der Waals surface area contributed by atoms with Gasteiger partial charge in [0.15, 0.2) is 5.69 Å². The molecule has 3 nitrogen and oxygen atoms in total. The highest BCUT2D eigenvalue weighted by molar-refractivity contribution is 6.29. The summed E-state index contributed by atoms with van der Waals surface area (Å²) in [7, 11) is 1.15. The molecule has 0 saturated heterocycles. The molecule has 0 spiro atoms. The summed E-state index contributed by atoms with van der Waals surface area (Å²) in [4.78, 5) is 15.5. The van der Waals surface area contributed by atoms with Crippen LogP contribution >= 0.6 is 11.6 Å². The number of nitrogens with zero attached hydrogens (tertiary/aromatic N) is 1. The van der Waals surface area contributed by atoms with Gasteiger partial charge in [0.2, 0.25) is 0 Å². The lowest BCUT2D eigenvalue weighted by molar-refractivity contribution is -0.137. The van der Waals surface area contributed by atoms with Crippen LogP contribution in [0.5, 0.6) is 0 Å². The van der Waals surface area contributed by atoms with E-state index in [1.54, 1.807) is 0 Å². The van der Waals surface area contributed by atoms with Crippen molar-refractivity contribution in [2.24, 2.45) is 0 Å². The van der Waals surface area contributed by atoms with E-state index in [0.29, 0.717) is 0 Å². The second-order valence-electron chi connectivity index (χ2n) is 4.10. The average Bonchev–Trinajstić information content (AvgIpc) is 2.45. The van der Waals surface area contributed by atoms with Gasteiger partial charge in [-0.3, -0.25) is 0 Å². The summed E-state index contributed by atoms with van der Waals surface area (Å²) in [5.41, 5.74) is -0.526. The van der Waals surface area contributed by atoms with E-state index in [-0.39, 0.29) is 22.0 Å². The van der Waals surface area contributed by atoms with Crippen molar-refractivity contribution < 1.29 is 22.7 Å². The number of alkyl halides is 3. The van der Waals surface area contributed by atoms with Crippen molar-refractivity contribution >= 4 is 17.6 Å². The third-order valence-corrected chi connectivity index (χ3v) is 2.95. The smallest absolute Gasteiger partial charge is 0.416 e. The molecule has 0 atom stereocenters. The van der Waals surface area contributed by atoms with Crippen molar-refractivity contribution in [1.29, 1.82) is 0 Å². The molecule has 21 heavy (non-hydrogen) atoms. The van der Waals surface area contributed by atoms with Crippen LogP contribution in [0.25, 0.3) is 11.1 Å². The Morgan fingerprint density at radius 1 is 1.24 bits per heavy atom. The lowest BCUT2D eigenvalue weighted by Crippen LogP contribution is -2.08. The number of hydrogen-bond donors (Lipinski definition) is 0. The molecule has 0 amide bonds. The van der Waals surface area contributed by atoms with Gasteiger partial charge in [-0.15, -0.1) is 0 Å². The van der Waals surface area contributed by atoms with Gasteiger partial charge in [0.05, 0.1) is 12.7 Å². The molecule has 0 N–H and O–H groups in total. The number of pyridine rings is 1. The molecule has 0 aliphatic heterocycles. The van der Waals surface area contributed by atoms with Crippen molar-refractivity contribution in [2.45, 2.75) is 6.18 Å². The highest BCUT2D eigenvalue weighted by Gasteiger charge is 2.30. The van der Waals surface area contributed by atoms with Crippen LogP contribution in [0.1, 0.15) is 16.1 Å². The first kappa shape index (κ1) is 15.3. The second kappa shape index (κ2) is 5.73. The van der Waals surface area contributed by atoms with Crippen LogP contribution in [0.3, 0.4) is 0 Å². The molecular formula is C14H9ClF3NO2. The Bertz CT molecular complexity index is 686. The van der Waals surface area contributed by atoms with Crippen LogP contribution < -0.4 is 0 Å². The maximum atomic E-state index is 12.7. The summed E-state index contributed by atoms with van der Waals surface area (Å²) < 4.78 is 42.8. The van der Waals surface area contributed by atoms with E-state index >= 15 is 0 Å². The third-order valence-electron chi connectivity index (χ3n) is 2.74. The summed E-state index contributed by atoms with van der Waals surface area (Å²) >= 11 is 5.71. The highest BCUT2D eigenvalue weighted by atomic mass is 35.5. The molecule has 110 valence electrons. The van der Waals surface area contributed by atoms with Gasteiger partial charge < -0.3 is 4.74 Å². The molecule has 2 rings (SSSR count). The van der Waals surface area contributed by atoms with E-state index in [0.717, 1.165) is 19.2 Å². The van der Waals surface area contributed by atoms with Crippen LogP contribution in [0.2, 0.25) is 5.15 Å². The molecule has 7 heteroatoms. The molecule has 0 unspecified atom stereocenters. The van der Waals surface area contributed by atoms with Crippen molar-refractivity contribution in [1.82, 2.24) is 4.98 Å². The zero-order valence-electron chi connectivity index (χ0n) is 10.7. The van der Waals surface area contributed by atoms with Crippen LogP contribution in [0.4, 0.5) is 13.2 Å². The Balaban J connectivity index is 2.59. The number of aromatic nitrogens is 1. The number of methoxy groups -OCH3 is 1. The molecule has 0 bridgehead atoms. The van der Waals surface area contributed by atoms with E-state index in [1.807, 2.05) is 0 Å². The van der Waals surface area contributed by atoms with Crippen LogP contribution in [-0.2, 0) is 10.9 Å². The van der Waals surface area contributed by atoms with E-state index in [1.165, 1.54) is 24.3 Å². The van der Waals surface area contributed by atoms with Gasteiger partial charge in [-0.1, -0.05) is 23.7 Å². The van der Waals surface area contributed by atoms with Gasteiger partial charge in [0.25, 0.3) is 0 Å². The van der Waals surface area contributed by atoms with Crippen molar-refractivity contribution in [2.75, 3.05) is 7.11 Å². The standard InChI is InChI=1S/C14H9ClF3NO2/c1-21-13(20)12-10(5-6-11(15)19-12)8-3-2-4-9(7-8)14(16,17)18/h2-7H,1H3. The number of carbonyl (C=O) groups is 1. The molecule has 0 saturated carbocycles. The van der Waals surface area contributed by atoms with E-state index in [9.17, 15) is 18.0 Å². The van der Waals surface area contributed by atoms with Crippen LogP contribution in [-0.4, -0.2) is 18.1 Å². The summed E-state index contributed by atoms with van der Waals surface area (Å²) in [6.45, 7) is 0. The first-order valence-electron chi connectivity index (χ1n) is 5.75. The fourth-order valence-corrected chi connectivity index (χ4v) is 1.93. The van der Waals surface area contributed by atoms with Gasteiger partial charge in [-0.05, 0) is 29.8 Å². The topological polar surface area (TPSA) is 39.2 Å². The minimum atomic E-state index is -4.47. The third kappa shape index (κ3) is 3.33. The molecule has 0 aliphatic carbocycles. The molecule has 0 radical (unpaired) electrons. The minimum Gasteiger partial charge on any atom is -0.464 e. The maximum Gasteiger partial charge on any atom is 0.416 e. The van der Waals surface area contributed by atoms with E-state index in [2.05, 4.69) is 9.72 Å². The van der Waals surface area contributed by atoms with Crippen molar-refractivity contribution in [3.8, 4) is 11.1 Å². The molecule has 2 aromatic rings. The first-order chi connectivity index (χ1) is 9.82. The normalized spacial score (nSPS) is 11.3.